The van der Waals surface area contributed by atoms with Gasteiger partial charge in [-0.3, -0.25) is 5.10 Å². The summed E-state index contributed by atoms with van der Waals surface area (Å²) in [6, 6.07) is 13.0. The van der Waals surface area contributed by atoms with Gasteiger partial charge in [-0.15, -0.1) is 15.3 Å². The fourth-order valence-corrected chi connectivity index (χ4v) is 3.74. The van der Waals surface area contributed by atoms with Gasteiger partial charge >= 0.3 is 0 Å². The number of rotatable bonds is 6. The number of nitrogens with zero attached hydrogens (tertiary/aromatic N) is 4. The van der Waals surface area contributed by atoms with Gasteiger partial charge in [-0.1, -0.05) is 35.5 Å². The molecule has 0 aliphatic carbocycles. The standard InChI is InChI=1S/C18H13BrClN5O2S/c1-26-14-7-6-10(20)8-12(14)16-21-18(25-23-16)28-9-15-22-24-17(27-15)11-4-2-3-5-13(11)19/h2-8H,9H2,1H3,(H,21,23,25). The average molecular weight is 479 g/mol. The highest BCUT2D eigenvalue weighted by Crippen LogP contribution is 2.32. The highest BCUT2D eigenvalue weighted by molar-refractivity contribution is 9.10. The predicted molar refractivity (Wildman–Crippen MR) is 110 cm³/mol. The first-order valence-electron chi connectivity index (χ1n) is 8.10. The van der Waals surface area contributed by atoms with Crippen LogP contribution in [0, 0.1) is 0 Å². The molecule has 0 radical (unpaired) electrons. The Labute approximate surface area is 178 Å². The third-order valence-corrected chi connectivity index (χ3v) is 5.54. The van der Waals surface area contributed by atoms with Gasteiger partial charge in [-0.2, -0.15) is 0 Å². The third kappa shape index (κ3) is 4.06. The summed E-state index contributed by atoms with van der Waals surface area (Å²) in [5, 5.41) is 16.5. The predicted octanol–water partition coefficient (Wildman–Crippen LogP) is 5.24. The number of halogens is 2. The Bertz CT molecular complexity index is 1120. The van der Waals surface area contributed by atoms with Crippen molar-refractivity contribution in [3.63, 3.8) is 0 Å². The Morgan fingerprint density at radius 3 is 2.86 bits per heavy atom. The highest BCUT2D eigenvalue weighted by atomic mass is 79.9. The zero-order valence-corrected chi connectivity index (χ0v) is 17.7. The molecule has 142 valence electrons. The van der Waals surface area contributed by atoms with E-state index in [1.54, 1.807) is 25.3 Å². The fraction of sp³-hybridized carbons (Fsp3) is 0.111. The summed E-state index contributed by atoms with van der Waals surface area (Å²) in [4.78, 5) is 4.48. The van der Waals surface area contributed by atoms with Crippen LogP contribution in [0.5, 0.6) is 5.75 Å². The maximum Gasteiger partial charge on any atom is 0.248 e. The van der Waals surface area contributed by atoms with E-state index < -0.39 is 0 Å². The second kappa shape index (κ2) is 8.34. The van der Waals surface area contributed by atoms with Crippen LogP contribution in [-0.4, -0.2) is 32.5 Å². The molecule has 2 aromatic heterocycles. The molecule has 2 heterocycles. The lowest BCUT2D eigenvalue weighted by molar-refractivity contribution is 0.416. The van der Waals surface area contributed by atoms with E-state index in [0.29, 0.717) is 39.3 Å². The normalized spacial score (nSPS) is 11.0. The first kappa shape index (κ1) is 19.0. The van der Waals surface area contributed by atoms with Crippen molar-refractivity contribution in [1.82, 2.24) is 25.4 Å². The topological polar surface area (TPSA) is 89.7 Å². The lowest BCUT2D eigenvalue weighted by Crippen LogP contribution is -1.89. The lowest BCUT2D eigenvalue weighted by atomic mass is 10.2. The van der Waals surface area contributed by atoms with Crippen molar-refractivity contribution in [2.45, 2.75) is 10.9 Å². The minimum absolute atomic E-state index is 0.446. The summed E-state index contributed by atoms with van der Waals surface area (Å²) in [5.74, 6) is 2.62. The number of hydrogen-bond acceptors (Lipinski definition) is 7. The van der Waals surface area contributed by atoms with Gasteiger partial charge in [-0.25, -0.2) is 4.98 Å². The van der Waals surface area contributed by atoms with Crippen LogP contribution in [0.3, 0.4) is 0 Å². The molecule has 0 saturated carbocycles. The molecule has 7 nitrogen and oxygen atoms in total. The molecule has 0 spiro atoms. The van der Waals surface area contributed by atoms with Gasteiger partial charge in [-0.05, 0) is 46.3 Å². The largest absolute Gasteiger partial charge is 0.496 e. The third-order valence-electron chi connectivity index (χ3n) is 3.78. The van der Waals surface area contributed by atoms with Crippen molar-refractivity contribution >= 4 is 39.3 Å². The van der Waals surface area contributed by atoms with Gasteiger partial charge in [0.15, 0.2) is 5.82 Å². The second-order valence-electron chi connectivity index (χ2n) is 5.58. The van der Waals surface area contributed by atoms with Crippen molar-refractivity contribution in [3.05, 3.63) is 57.9 Å². The zero-order valence-electron chi connectivity index (χ0n) is 14.5. The van der Waals surface area contributed by atoms with Gasteiger partial charge in [0.05, 0.1) is 24.0 Å². The summed E-state index contributed by atoms with van der Waals surface area (Å²) < 4.78 is 12.0. The zero-order chi connectivity index (χ0) is 19.5. The van der Waals surface area contributed by atoms with Crippen molar-refractivity contribution in [2.75, 3.05) is 7.11 Å². The number of benzene rings is 2. The Kier molecular flexibility index (Phi) is 5.65. The number of aromatic amines is 1. The summed E-state index contributed by atoms with van der Waals surface area (Å²) in [6.07, 6.45) is 0. The van der Waals surface area contributed by atoms with E-state index in [2.05, 4.69) is 41.3 Å². The summed E-state index contributed by atoms with van der Waals surface area (Å²) in [5.41, 5.74) is 1.59. The lowest BCUT2D eigenvalue weighted by Gasteiger charge is -2.05. The summed E-state index contributed by atoms with van der Waals surface area (Å²) in [7, 11) is 1.59. The minimum atomic E-state index is 0.446. The molecule has 28 heavy (non-hydrogen) atoms. The van der Waals surface area contributed by atoms with Crippen LogP contribution in [0.25, 0.3) is 22.8 Å². The van der Waals surface area contributed by atoms with Crippen molar-refractivity contribution in [2.24, 2.45) is 0 Å². The van der Waals surface area contributed by atoms with E-state index in [4.69, 9.17) is 20.8 Å². The van der Waals surface area contributed by atoms with Crippen LogP contribution in [0.2, 0.25) is 5.02 Å². The molecule has 0 saturated heterocycles. The Morgan fingerprint density at radius 1 is 1.18 bits per heavy atom. The highest BCUT2D eigenvalue weighted by Gasteiger charge is 2.15. The average Bonchev–Trinajstić information content (AvgIpc) is 3.36. The number of hydrogen-bond donors (Lipinski definition) is 1. The van der Waals surface area contributed by atoms with Crippen LogP contribution in [0.4, 0.5) is 0 Å². The minimum Gasteiger partial charge on any atom is -0.496 e. The SMILES string of the molecule is COc1ccc(Cl)cc1-c1nc(SCc2nnc(-c3ccccc3Br)o2)n[nH]1. The van der Waals surface area contributed by atoms with E-state index in [-0.39, 0.29) is 0 Å². The van der Waals surface area contributed by atoms with Crippen LogP contribution in [0.15, 0.2) is 56.5 Å². The Morgan fingerprint density at radius 2 is 2.04 bits per heavy atom. The molecule has 0 aliphatic heterocycles. The maximum atomic E-state index is 6.08. The van der Waals surface area contributed by atoms with Gasteiger partial charge in [0.2, 0.25) is 16.9 Å². The monoisotopic (exact) mass is 477 g/mol. The van der Waals surface area contributed by atoms with E-state index in [9.17, 15) is 0 Å². The number of thioether (sulfide) groups is 1. The molecule has 0 unspecified atom stereocenters. The first-order chi connectivity index (χ1) is 13.6. The number of ether oxygens (including phenoxy) is 1. The quantitative estimate of drug-likeness (QED) is 0.379. The number of aromatic nitrogens is 5. The molecule has 4 rings (SSSR count). The van der Waals surface area contributed by atoms with Gasteiger partial charge in [0, 0.05) is 9.50 Å². The van der Waals surface area contributed by atoms with E-state index in [1.165, 1.54) is 11.8 Å². The van der Waals surface area contributed by atoms with E-state index in [0.717, 1.165) is 15.6 Å². The fourth-order valence-electron chi connectivity index (χ4n) is 2.48. The smallest absolute Gasteiger partial charge is 0.248 e. The van der Waals surface area contributed by atoms with Crippen molar-refractivity contribution in [3.8, 4) is 28.6 Å². The molecular weight excluding hydrogens is 466 g/mol. The van der Waals surface area contributed by atoms with E-state index >= 15 is 0 Å². The van der Waals surface area contributed by atoms with Crippen LogP contribution in [-0.2, 0) is 5.75 Å². The molecule has 4 aromatic rings. The van der Waals surface area contributed by atoms with Gasteiger partial charge < -0.3 is 9.15 Å². The summed E-state index contributed by atoms with van der Waals surface area (Å²) >= 11 is 10.9. The molecule has 10 heteroatoms. The molecule has 2 aromatic carbocycles. The maximum absolute atomic E-state index is 6.08. The van der Waals surface area contributed by atoms with Crippen LogP contribution in [0.1, 0.15) is 5.89 Å². The number of nitrogens with one attached hydrogen (secondary N) is 1. The van der Waals surface area contributed by atoms with Crippen molar-refractivity contribution in [1.29, 1.82) is 0 Å². The van der Waals surface area contributed by atoms with Gasteiger partial charge in [0.1, 0.15) is 5.75 Å². The molecule has 0 aliphatic rings. The van der Waals surface area contributed by atoms with Crippen molar-refractivity contribution < 1.29 is 9.15 Å². The van der Waals surface area contributed by atoms with Crippen LogP contribution < -0.4 is 4.74 Å². The van der Waals surface area contributed by atoms with E-state index in [1.807, 2.05) is 24.3 Å². The molecule has 0 atom stereocenters. The summed E-state index contributed by atoms with van der Waals surface area (Å²) in [6.45, 7) is 0. The van der Waals surface area contributed by atoms with Crippen LogP contribution >= 0.6 is 39.3 Å². The molecule has 0 fully saturated rings. The molecular formula is C18H13BrClN5O2S. The first-order valence-corrected chi connectivity index (χ1v) is 10.3. The molecule has 1 N–H and O–H groups in total. The Hall–Kier alpha value is -2.36. The van der Waals surface area contributed by atoms with Gasteiger partial charge in [0.25, 0.3) is 0 Å². The Balaban J connectivity index is 1.47. The number of methoxy groups -OCH3 is 1. The molecule has 0 bridgehead atoms. The number of H-pyrrole nitrogens is 1. The second-order valence-corrected chi connectivity index (χ2v) is 7.81. The molecule has 0 amide bonds.